The van der Waals surface area contributed by atoms with E-state index in [1.165, 1.54) is 25.3 Å². The van der Waals surface area contributed by atoms with Gasteiger partial charge in [0.1, 0.15) is 6.54 Å². The normalized spacial score (nSPS) is 14.2. The van der Waals surface area contributed by atoms with Crippen LogP contribution in [0.4, 0.5) is 10.5 Å². The number of halogens is 2. The highest BCUT2D eigenvalue weighted by Crippen LogP contribution is 2.39. The molecule has 1 aliphatic heterocycles. The summed E-state index contributed by atoms with van der Waals surface area (Å²) in [5, 5.41) is 2.74. The number of esters is 1. The Bertz CT molecular complexity index is 1250. The van der Waals surface area contributed by atoms with Crippen molar-refractivity contribution in [1.82, 2.24) is 4.90 Å². The number of thioether (sulfide) groups is 1. The molecule has 2 aromatic rings. The van der Waals surface area contributed by atoms with Crippen molar-refractivity contribution in [3.8, 4) is 11.5 Å². The van der Waals surface area contributed by atoms with Crippen LogP contribution >= 0.6 is 35.0 Å². The lowest BCUT2D eigenvalue weighted by molar-refractivity contribution is -0.146. The van der Waals surface area contributed by atoms with Crippen molar-refractivity contribution in [3.63, 3.8) is 0 Å². The van der Waals surface area contributed by atoms with E-state index in [9.17, 15) is 19.2 Å². The molecule has 0 unspecified atom stereocenters. The van der Waals surface area contributed by atoms with Gasteiger partial charge >= 0.3 is 5.97 Å². The Kier molecular flexibility index (Phi) is 9.25. The summed E-state index contributed by atoms with van der Waals surface area (Å²) in [5.74, 6) is -1.40. The third-order valence-electron chi connectivity index (χ3n) is 4.82. The molecule has 0 saturated carbocycles. The summed E-state index contributed by atoms with van der Waals surface area (Å²) < 4.78 is 15.7. The SMILES string of the molecule is CCOC(=O)CN1C(=O)S/C(=C\c2cc(Cl)c(OCC(=O)Nc3ccc(C)c(Cl)c3)c(OC)c2)C1=O. The molecule has 0 radical (unpaired) electrons. The van der Waals surface area contributed by atoms with E-state index in [1.54, 1.807) is 25.1 Å². The molecular weight excluding hydrogens is 531 g/mol. The third kappa shape index (κ3) is 6.71. The van der Waals surface area contributed by atoms with Gasteiger partial charge in [-0.3, -0.25) is 24.1 Å². The maximum Gasteiger partial charge on any atom is 0.326 e. The molecule has 3 rings (SSSR count). The van der Waals surface area contributed by atoms with Crippen LogP contribution in [0.15, 0.2) is 35.2 Å². The number of amides is 3. The highest BCUT2D eigenvalue weighted by molar-refractivity contribution is 8.18. The number of benzene rings is 2. The molecule has 0 atom stereocenters. The topological polar surface area (TPSA) is 111 Å². The first-order valence-electron chi connectivity index (χ1n) is 10.6. The minimum absolute atomic E-state index is 0.104. The van der Waals surface area contributed by atoms with E-state index < -0.39 is 29.6 Å². The minimum Gasteiger partial charge on any atom is -0.493 e. The summed E-state index contributed by atoms with van der Waals surface area (Å²) in [7, 11) is 1.39. The highest BCUT2D eigenvalue weighted by Gasteiger charge is 2.36. The lowest BCUT2D eigenvalue weighted by Crippen LogP contribution is -2.34. The van der Waals surface area contributed by atoms with Crippen LogP contribution in [0.1, 0.15) is 18.1 Å². The zero-order valence-electron chi connectivity index (χ0n) is 19.6. The molecule has 0 aliphatic carbocycles. The van der Waals surface area contributed by atoms with Gasteiger partial charge in [-0.15, -0.1) is 0 Å². The zero-order valence-corrected chi connectivity index (χ0v) is 21.9. The molecule has 1 saturated heterocycles. The van der Waals surface area contributed by atoms with Gasteiger partial charge < -0.3 is 19.5 Å². The molecule has 0 aromatic heterocycles. The number of hydrogen-bond donors (Lipinski definition) is 1. The molecule has 1 aliphatic rings. The maximum atomic E-state index is 12.6. The number of anilines is 1. The highest BCUT2D eigenvalue weighted by atomic mass is 35.5. The minimum atomic E-state index is -0.679. The molecule has 9 nitrogen and oxygen atoms in total. The van der Waals surface area contributed by atoms with Crippen LogP contribution in [0.2, 0.25) is 10.0 Å². The number of methoxy groups -OCH3 is 1. The number of carbonyl (C=O) groups is 4. The molecule has 1 fully saturated rings. The number of nitrogens with one attached hydrogen (secondary N) is 1. The standard InChI is InChI=1S/C24H22Cl2N2O7S/c1-4-34-21(30)11-28-23(31)19(36-24(28)32)9-14-7-17(26)22(18(8-14)33-3)35-12-20(29)27-15-6-5-13(2)16(25)10-15/h5-10H,4,11-12H2,1-3H3,(H,27,29)/b19-9-. The molecule has 1 N–H and O–H groups in total. The summed E-state index contributed by atoms with van der Waals surface area (Å²) in [6.45, 7) is 2.79. The maximum absolute atomic E-state index is 12.6. The molecule has 1 heterocycles. The second kappa shape index (κ2) is 12.2. The summed E-state index contributed by atoms with van der Waals surface area (Å²) in [5.41, 5.74) is 1.85. The number of hydrogen-bond acceptors (Lipinski definition) is 8. The lowest BCUT2D eigenvalue weighted by atomic mass is 10.1. The Morgan fingerprint density at radius 2 is 1.89 bits per heavy atom. The van der Waals surface area contributed by atoms with E-state index >= 15 is 0 Å². The summed E-state index contributed by atoms with van der Waals surface area (Å²) >= 11 is 13.1. The van der Waals surface area contributed by atoms with Crippen molar-refractivity contribution in [2.24, 2.45) is 0 Å². The fraction of sp³-hybridized carbons (Fsp3) is 0.250. The van der Waals surface area contributed by atoms with E-state index in [0.717, 1.165) is 10.5 Å². The van der Waals surface area contributed by atoms with Gasteiger partial charge in [-0.05, 0) is 67.1 Å². The largest absolute Gasteiger partial charge is 0.493 e. The average molecular weight is 553 g/mol. The van der Waals surface area contributed by atoms with Gasteiger partial charge in [-0.1, -0.05) is 29.3 Å². The van der Waals surface area contributed by atoms with E-state index in [2.05, 4.69) is 5.32 Å². The number of ether oxygens (including phenoxy) is 3. The summed E-state index contributed by atoms with van der Waals surface area (Å²) in [6, 6.07) is 8.17. The first-order chi connectivity index (χ1) is 17.1. The first-order valence-corrected chi connectivity index (χ1v) is 12.2. The van der Waals surface area contributed by atoms with Crippen molar-refractivity contribution in [1.29, 1.82) is 0 Å². The molecular formula is C24H22Cl2N2O7S. The van der Waals surface area contributed by atoms with Gasteiger partial charge in [0.15, 0.2) is 18.1 Å². The molecule has 12 heteroatoms. The molecule has 0 bridgehead atoms. The quantitative estimate of drug-likeness (QED) is 0.344. The van der Waals surface area contributed by atoms with Crippen LogP contribution in [0, 0.1) is 6.92 Å². The Hall–Kier alpha value is -3.21. The van der Waals surface area contributed by atoms with E-state index in [4.69, 9.17) is 37.4 Å². The monoisotopic (exact) mass is 552 g/mol. The van der Waals surface area contributed by atoms with Gasteiger partial charge in [0.25, 0.3) is 17.1 Å². The fourth-order valence-electron chi connectivity index (χ4n) is 3.09. The van der Waals surface area contributed by atoms with Crippen LogP contribution in [0.5, 0.6) is 11.5 Å². The lowest BCUT2D eigenvalue weighted by Gasteiger charge is -2.14. The van der Waals surface area contributed by atoms with Crippen molar-refractivity contribution >= 4 is 69.8 Å². The summed E-state index contributed by atoms with van der Waals surface area (Å²) in [4.78, 5) is 49.7. The van der Waals surface area contributed by atoms with Crippen molar-refractivity contribution in [2.75, 3.05) is 32.2 Å². The van der Waals surface area contributed by atoms with Gasteiger partial charge in [0.05, 0.1) is 23.6 Å². The number of imide groups is 1. The Morgan fingerprint density at radius 1 is 1.14 bits per heavy atom. The molecule has 36 heavy (non-hydrogen) atoms. The predicted molar refractivity (Wildman–Crippen MR) is 138 cm³/mol. The van der Waals surface area contributed by atoms with Crippen LogP contribution in [0.3, 0.4) is 0 Å². The van der Waals surface area contributed by atoms with Crippen LogP contribution in [-0.4, -0.2) is 54.8 Å². The predicted octanol–water partition coefficient (Wildman–Crippen LogP) is 4.93. The smallest absolute Gasteiger partial charge is 0.326 e. The fourth-order valence-corrected chi connectivity index (χ4v) is 4.38. The number of carbonyl (C=O) groups excluding carboxylic acids is 4. The zero-order chi connectivity index (χ0) is 26.4. The van der Waals surface area contributed by atoms with Crippen LogP contribution in [0.25, 0.3) is 6.08 Å². The summed E-state index contributed by atoms with van der Waals surface area (Å²) in [6.07, 6.45) is 1.45. The van der Waals surface area contributed by atoms with Crippen molar-refractivity contribution < 1.29 is 33.4 Å². The molecule has 3 amide bonds. The first kappa shape index (κ1) is 27.4. The number of rotatable bonds is 9. The van der Waals surface area contributed by atoms with Gasteiger partial charge in [-0.25, -0.2) is 0 Å². The second-order valence-electron chi connectivity index (χ2n) is 7.41. The third-order valence-corrected chi connectivity index (χ3v) is 6.41. The van der Waals surface area contributed by atoms with Crippen LogP contribution in [-0.2, 0) is 19.1 Å². The van der Waals surface area contributed by atoms with Crippen LogP contribution < -0.4 is 14.8 Å². The van der Waals surface area contributed by atoms with Gasteiger partial charge in [0.2, 0.25) is 0 Å². The Labute approximate surface area is 221 Å². The number of nitrogens with zero attached hydrogens (tertiary/aromatic N) is 1. The van der Waals surface area contributed by atoms with Crippen molar-refractivity contribution in [2.45, 2.75) is 13.8 Å². The molecule has 0 spiro atoms. The number of aryl methyl sites for hydroxylation is 1. The molecule has 190 valence electrons. The average Bonchev–Trinajstić information content (AvgIpc) is 3.07. The second-order valence-corrected chi connectivity index (χ2v) is 9.22. The molecule has 2 aromatic carbocycles. The van der Waals surface area contributed by atoms with Gasteiger partial charge in [-0.2, -0.15) is 0 Å². The van der Waals surface area contributed by atoms with Crippen molar-refractivity contribution in [3.05, 3.63) is 56.4 Å². The van der Waals surface area contributed by atoms with Gasteiger partial charge in [0, 0.05) is 10.7 Å². The van der Waals surface area contributed by atoms with E-state index in [1.807, 2.05) is 6.92 Å². The van der Waals surface area contributed by atoms with E-state index in [-0.39, 0.29) is 34.6 Å². The Morgan fingerprint density at radius 3 is 2.56 bits per heavy atom. The Balaban J connectivity index is 1.71. The van der Waals surface area contributed by atoms with E-state index in [0.29, 0.717) is 28.0 Å².